The van der Waals surface area contributed by atoms with Crippen LogP contribution in [0.4, 0.5) is 0 Å². The Kier molecular flexibility index (Phi) is 48.4. The maximum absolute atomic E-state index is 8.74. The lowest BCUT2D eigenvalue weighted by atomic mass is 15.8. The zero-order valence-electron chi connectivity index (χ0n) is 6.12. The number of rotatable bonds is 0. The van der Waals surface area contributed by atoms with E-state index in [1.54, 1.807) is 0 Å². The molecule has 0 fully saturated rings. The average molecular weight is 289 g/mol. The average Bonchev–Trinajstić information content (AvgIpc) is 1.54. The van der Waals surface area contributed by atoms with Crippen molar-refractivity contribution >= 4 is 67.9 Å². The molecule has 6 N–H and O–H groups in total. The lowest BCUT2D eigenvalue weighted by Gasteiger charge is -1.55. The van der Waals surface area contributed by atoms with Gasteiger partial charge in [-0.1, -0.05) is 0 Å². The van der Waals surface area contributed by atoms with Crippen molar-refractivity contribution < 1.29 is 42.2 Å². The topological polar surface area (TPSA) is 173 Å². The van der Waals surface area contributed by atoms with E-state index in [2.05, 4.69) is 0 Å². The van der Waals surface area contributed by atoms with Gasteiger partial charge < -0.3 is 28.8 Å². The van der Waals surface area contributed by atoms with Crippen LogP contribution in [0.25, 0.3) is 0 Å². The smallest absolute Gasteiger partial charge is 0.511 e. The highest BCUT2D eigenvalue weighted by atomic mass is 28.3. The summed E-state index contributed by atoms with van der Waals surface area (Å²) < 4.78 is 26.2. The van der Waals surface area contributed by atoms with Gasteiger partial charge in [0.2, 0.25) is 0 Å². The fourth-order valence-corrected chi connectivity index (χ4v) is 0. The van der Waals surface area contributed by atoms with Gasteiger partial charge in [0, 0.05) is 23.1 Å². The van der Waals surface area contributed by atoms with Crippen molar-refractivity contribution in [2.45, 2.75) is 0 Å². The van der Waals surface area contributed by atoms with E-state index in [0.29, 0.717) is 0 Å². The van der Waals surface area contributed by atoms with Crippen LogP contribution in [0.1, 0.15) is 0 Å². The molecule has 0 unspecified atom stereocenters. The standard InChI is InChI=1S/Al.Mg.3H2O3Si.3H/c;;3*1-4(2)3;;;/h;;3*1-2H;;;. The van der Waals surface area contributed by atoms with E-state index in [9.17, 15) is 0 Å². The van der Waals surface area contributed by atoms with E-state index in [4.69, 9.17) is 42.2 Å². The molecule has 0 saturated heterocycles. The van der Waals surface area contributed by atoms with E-state index in [1.165, 1.54) is 0 Å². The summed E-state index contributed by atoms with van der Waals surface area (Å²) in [5, 5.41) is 0. The third-order valence-corrected chi connectivity index (χ3v) is 0. The van der Waals surface area contributed by atoms with E-state index in [-0.39, 0.29) is 40.4 Å². The summed E-state index contributed by atoms with van der Waals surface area (Å²) in [6.45, 7) is 0. The zero-order valence-corrected chi connectivity index (χ0v) is 10.5. The molecule has 0 spiro atoms. The molecule has 0 aromatic rings. The Bertz CT molecular complexity index is 118. The highest BCUT2D eigenvalue weighted by Crippen LogP contribution is 1.27. The first-order chi connectivity index (χ1) is 5.20. The Morgan fingerprint density at radius 1 is 0.571 bits per heavy atom. The van der Waals surface area contributed by atoms with Crippen molar-refractivity contribution in [2.24, 2.45) is 0 Å². The Balaban J connectivity index is -0.0000000270. The van der Waals surface area contributed by atoms with Gasteiger partial charge in [0.1, 0.15) is 0 Å². The molecule has 0 aliphatic heterocycles. The monoisotopic (exact) mass is 288 g/mol. The molecule has 14 heteroatoms. The van der Waals surface area contributed by atoms with Gasteiger partial charge in [-0.05, 0) is 0 Å². The summed E-state index contributed by atoms with van der Waals surface area (Å²) >= 11 is 0. The lowest BCUT2D eigenvalue weighted by Crippen LogP contribution is -1.90. The second kappa shape index (κ2) is 23.2. The predicted molar refractivity (Wildman–Crippen MR) is 48.3 cm³/mol. The summed E-state index contributed by atoms with van der Waals surface area (Å²) in [7, 11) is -9.39. The fraction of sp³-hybridized carbons (Fsp3) is 0. The molecular formula is H9AlMgO9Si3. The summed E-state index contributed by atoms with van der Waals surface area (Å²) in [5.41, 5.74) is 0. The second-order valence-electron chi connectivity index (χ2n) is 0.848. The molecule has 14 heavy (non-hydrogen) atoms. The van der Waals surface area contributed by atoms with E-state index in [0.717, 1.165) is 0 Å². The van der Waals surface area contributed by atoms with Crippen molar-refractivity contribution in [2.75, 3.05) is 0 Å². The molecule has 0 atom stereocenters. The maximum atomic E-state index is 8.74. The molecule has 0 aliphatic carbocycles. The van der Waals surface area contributed by atoms with Crippen molar-refractivity contribution in [1.29, 1.82) is 0 Å². The third-order valence-electron chi connectivity index (χ3n) is 0. The van der Waals surface area contributed by atoms with Crippen molar-refractivity contribution in [3.8, 4) is 0 Å². The first kappa shape index (κ1) is 29.2. The molecule has 0 aromatic heterocycles. The van der Waals surface area contributed by atoms with E-state index >= 15 is 0 Å². The Morgan fingerprint density at radius 3 is 0.571 bits per heavy atom. The fourth-order valence-electron chi connectivity index (χ4n) is 0. The Morgan fingerprint density at radius 2 is 0.571 bits per heavy atom. The molecule has 2 radical (unpaired) electrons. The highest BCUT2D eigenvalue weighted by molar-refractivity contribution is 6.22. The summed E-state index contributed by atoms with van der Waals surface area (Å²) in [6.07, 6.45) is 0. The molecular weight excluding hydrogens is 280 g/mol. The van der Waals surface area contributed by atoms with Crippen LogP contribution >= 0.6 is 0 Å². The van der Waals surface area contributed by atoms with Gasteiger partial charge in [-0.25, -0.2) is 0 Å². The third kappa shape index (κ3) is 67700. The Labute approximate surface area is 110 Å². The Hall–Kier alpha value is 0.149. The zero-order chi connectivity index (χ0) is 10.7. The highest BCUT2D eigenvalue weighted by Gasteiger charge is 1.85. The van der Waals surface area contributed by atoms with Gasteiger partial charge in [0.25, 0.3) is 0 Å². The van der Waals surface area contributed by atoms with Gasteiger partial charge in [0.15, 0.2) is 17.4 Å². The van der Waals surface area contributed by atoms with E-state index in [1.807, 2.05) is 0 Å². The minimum absolute atomic E-state index is 0. The number of hydrogen-bond acceptors (Lipinski definition) is 3. The molecule has 0 amide bonds. The van der Waals surface area contributed by atoms with Crippen LogP contribution < -0.4 is 0 Å². The SMILES string of the molecule is O=[Si](O)O.O=[Si](O)O.O=[Si](O)O.[AlH3].[Mg]. The molecule has 0 aromatic carbocycles. The molecule has 0 bridgehead atoms. The van der Waals surface area contributed by atoms with Crippen LogP contribution in [0.2, 0.25) is 0 Å². The minimum Gasteiger partial charge on any atom is -0.511 e. The summed E-state index contributed by atoms with van der Waals surface area (Å²) in [4.78, 5) is 42.9. The van der Waals surface area contributed by atoms with Gasteiger partial charge in [0.05, 0.1) is 0 Å². The summed E-state index contributed by atoms with van der Waals surface area (Å²) in [5.74, 6) is 0. The van der Waals surface area contributed by atoms with Crippen molar-refractivity contribution in [3.05, 3.63) is 0 Å². The molecule has 0 aliphatic rings. The first-order valence-corrected chi connectivity index (χ1v) is 5.86. The normalized spacial score (nSPS) is 5.14. The van der Waals surface area contributed by atoms with Gasteiger partial charge in [-0.2, -0.15) is 0 Å². The van der Waals surface area contributed by atoms with Crippen LogP contribution in [-0.4, -0.2) is 96.7 Å². The lowest BCUT2D eigenvalue weighted by molar-refractivity contribution is 0.328. The van der Waals surface area contributed by atoms with Crippen LogP contribution in [-0.2, 0) is 13.4 Å². The number of hydrogen-bond donors (Lipinski definition) is 6. The molecule has 0 saturated carbocycles. The van der Waals surface area contributed by atoms with Crippen molar-refractivity contribution in [3.63, 3.8) is 0 Å². The van der Waals surface area contributed by atoms with Crippen molar-refractivity contribution in [1.82, 2.24) is 0 Å². The van der Waals surface area contributed by atoms with Crippen LogP contribution in [0.3, 0.4) is 0 Å². The van der Waals surface area contributed by atoms with Crippen LogP contribution in [0.15, 0.2) is 0 Å². The minimum atomic E-state index is -3.13. The van der Waals surface area contributed by atoms with Gasteiger partial charge >= 0.3 is 27.5 Å². The second-order valence-corrected chi connectivity index (χ2v) is 2.54. The molecule has 9 nitrogen and oxygen atoms in total. The predicted octanol–water partition coefficient (Wildman–Crippen LogP) is -6.41. The van der Waals surface area contributed by atoms with Gasteiger partial charge in [-0.3, -0.25) is 13.4 Å². The first-order valence-electron chi connectivity index (χ1n) is 1.95. The molecule has 0 rings (SSSR count). The van der Waals surface area contributed by atoms with E-state index < -0.39 is 27.5 Å². The quantitative estimate of drug-likeness (QED) is 0.237. The van der Waals surface area contributed by atoms with Gasteiger partial charge in [-0.15, -0.1) is 0 Å². The molecule has 80 valence electrons. The maximum Gasteiger partial charge on any atom is 0.761 e. The molecule has 0 heterocycles. The largest absolute Gasteiger partial charge is 0.761 e. The van der Waals surface area contributed by atoms with Crippen LogP contribution in [0.5, 0.6) is 0 Å². The van der Waals surface area contributed by atoms with Crippen LogP contribution in [0, 0.1) is 0 Å². The summed E-state index contributed by atoms with van der Waals surface area (Å²) in [6, 6.07) is 0.